The first kappa shape index (κ1) is 23.8. The van der Waals surface area contributed by atoms with Crippen LogP contribution in [0.4, 0.5) is 0 Å². The van der Waals surface area contributed by atoms with E-state index in [-0.39, 0.29) is 5.41 Å². The van der Waals surface area contributed by atoms with Crippen LogP contribution >= 0.6 is 0 Å². The molecule has 1 fully saturated rings. The highest BCUT2D eigenvalue weighted by Crippen LogP contribution is 2.28. The Morgan fingerprint density at radius 2 is 1.84 bits per heavy atom. The van der Waals surface area contributed by atoms with Crippen molar-refractivity contribution in [2.45, 2.75) is 46.2 Å². The van der Waals surface area contributed by atoms with Crippen molar-refractivity contribution in [3.05, 3.63) is 35.5 Å². The van der Waals surface area contributed by atoms with Gasteiger partial charge >= 0.3 is 0 Å². The van der Waals surface area contributed by atoms with Gasteiger partial charge in [0.25, 0.3) is 0 Å². The number of aromatic nitrogens is 2. The molecule has 2 aromatic rings. The van der Waals surface area contributed by atoms with Crippen molar-refractivity contribution in [2.75, 3.05) is 46.9 Å². The number of hydrogen-bond donors (Lipinski definition) is 1. The van der Waals surface area contributed by atoms with Crippen LogP contribution < -0.4 is 14.8 Å². The van der Waals surface area contributed by atoms with E-state index in [9.17, 15) is 0 Å². The molecule has 2 heterocycles. The van der Waals surface area contributed by atoms with E-state index in [0.29, 0.717) is 18.3 Å². The Hall–Kier alpha value is -2.81. The molecule has 0 unspecified atom stereocenters. The zero-order valence-electron chi connectivity index (χ0n) is 20.1. The predicted octanol–water partition coefficient (Wildman–Crippen LogP) is 2.67. The Morgan fingerprint density at radius 1 is 1.12 bits per heavy atom. The monoisotopic (exact) mass is 444 g/mol. The van der Waals surface area contributed by atoms with Crippen LogP contribution in [0.2, 0.25) is 0 Å². The Labute approximate surface area is 190 Å². The second-order valence-corrected chi connectivity index (χ2v) is 8.89. The first-order valence-electron chi connectivity index (χ1n) is 11.1. The quantitative estimate of drug-likeness (QED) is 0.515. The minimum absolute atomic E-state index is 0.163. The topological polar surface area (TPSA) is 88.2 Å². The molecule has 0 bridgehead atoms. The molecule has 9 nitrogen and oxygen atoms in total. The van der Waals surface area contributed by atoms with E-state index in [1.54, 1.807) is 14.2 Å². The average Bonchev–Trinajstić information content (AvgIpc) is 3.27. The number of methoxy groups -OCH3 is 2. The van der Waals surface area contributed by atoms with Gasteiger partial charge in [0.1, 0.15) is 6.54 Å². The molecule has 0 radical (unpaired) electrons. The largest absolute Gasteiger partial charge is 0.493 e. The second-order valence-electron chi connectivity index (χ2n) is 8.89. The molecule has 32 heavy (non-hydrogen) atoms. The fraction of sp³-hybridized carbons (Fsp3) is 0.609. The van der Waals surface area contributed by atoms with Gasteiger partial charge in [-0.25, -0.2) is 4.99 Å². The minimum atomic E-state index is -0.163. The van der Waals surface area contributed by atoms with E-state index in [1.165, 1.54) is 5.56 Å². The number of piperazine rings is 1. The van der Waals surface area contributed by atoms with Crippen molar-refractivity contribution >= 4 is 5.96 Å². The van der Waals surface area contributed by atoms with Gasteiger partial charge in [-0.15, -0.1) is 0 Å². The highest BCUT2D eigenvalue weighted by atomic mass is 16.5. The summed E-state index contributed by atoms with van der Waals surface area (Å²) < 4.78 is 16.1. The molecule has 1 aromatic carbocycles. The number of nitrogens with zero attached hydrogens (tertiary/aromatic N) is 5. The maximum atomic E-state index is 5.43. The van der Waals surface area contributed by atoms with Crippen molar-refractivity contribution in [1.29, 1.82) is 0 Å². The maximum absolute atomic E-state index is 5.43. The van der Waals surface area contributed by atoms with Crippen LogP contribution in [-0.2, 0) is 18.5 Å². The first-order chi connectivity index (χ1) is 15.3. The van der Waals surface area contributed by atoms with Crippen LogP contribution in [0.1, 0.15) is 45.0 Å². The predicted molar refractivity (Wildman–Crippen MR) is 124 cm³/mol. The number of hydrogen-bond acceptors (Lipinski definition) is 7. The summed E-state index contributed by atoms with van der Waals surface area (Å²) in [5.41, 5.74) is 1.05. The minimum Gasteiger partial charge on any atom is -0.493 e. The highest BCUT2D eigenvalue weighted by Gasteiger charge is 2.23. The summed E-state index contributed by atoms with van der Waals surface area (Å²) in [5, 5.41) is 7.47. The molecule has 0 atom stereocenters. The Kier molecular flexibility index (Phi) is 7.95. The summed E-state index contributed by atoms with van der Waals surface area (Å²) in [4.78, 5) is 14.0. The molecule has 0 spiro atoms. The van der Waals surface area contributed by atoms with Gasteiger partial charge in [0.15, 0.2) is 23.3 Å². The molecule has 9 heteroatoms. The molecular weight excluding hydrogens is 408 g/mol. The molecule has 0 saturated carbocycles. The van der Waals surface area contributed by atoms with Crippen LogP contribution in [0.15, 0.2) is 27.7 Å². The summed E-state index contributed by atoms with van der Waals surface area (Å²) in [7, 11) is 3.32. The van der Waals surface area contributed by atoms with Crippen molar-refractivity contribution in [3.63, 3.8) is 0 Å². The van der Waals surface area contributed by atoms with E-state index in [0.717, 1.165) is 56.7 Å². The lowest BCUT2D eigenvalue weighted by Gasteiger charge is -2.36. The number of rotatable bonds is 7. The average molecular weight is 445 g/mol. The van der Waals surface area contributed by atoms with Crippen LogP contribution in [0.25, 0.3) is 0 Å². The van der Waals surface area contributed by atoms with Gasteiger partial charge in [-0.05, 0) is 24.6 Å². The summed E-state index contributed by atoms with van der Waals surface area (Å²) in [6.07, 6.45) is 0. The van der Waals surface area contributed by atoms with Gasteiger partial charge in [-0.1, -0.05) is 32.0 Å². The summed E-state index contributed by atoms with van der Waals surface area (Å²) in [6, 6.07) is 6.10. The van der Waals surface area contributed by atoms with Crippen LogP contribution in [0.5, 0.6) is 11.5 Å². The lowest BCUT2D eigenvalue weighted by molar-refractivity contribution is 0.172. The molecule has 1 saturated heterocycles. The SMILES string of the molecule is CCNC(=NCc1noc(C(C)(C)C)n1)N1CCN(Cc2ccc(OC)c(OC)c2)CC1. The Morgan fingerprint density at radius 3 is 2.44 bits per heavy atom. The van der Waals surface area contributed by atoms with Gasteiger partial charge in [-0.3, -0.25) is 4.90 Å². The fourth-order valence-electron chi connectivity index (χ4n) is 3.55. The van der Waals surface area contributed by atoms with Crippen molar-refractivity contribution in [2.24, 2.45) is 4.99 Å². The molecule has 0 aliphatic carbocycles. The number of guanidine groups is 1. The third-order valence-corrected chi connectivity index (χ3v) is 5.34. The van der Waals surface area contributed by atoms with Gasteiger partial charge in [0, 0.05) is 44.7 Å². The Bertz CT molecular complexity index is 897. The highest BCUT2D eigenvalue weighted by molar-refractivity contribution is 5.80. The zero-order valence-corrected chi connectivity index (χ0v) is 20.1. The molecular formula is C23H36N6O3. The van der Waals surface area contributed by atoms with E-state index >= 15 is 0 Å². The molecule has 3 rings (SSSR count). The lowest BCUT2D eigenvalue weighted by Crippen LogP contribution is -2.52. The Balaban J connectivity index is 1.58. The van der Waals surface area contributed by atoms with E-state index < -0.39 is 0 Å². The van der Waals surface area contributed by atoms with E-state index in [4.69, 9.17) is 19.0 Å². The third kappa shape index (κ3) is 6.12. The fourth-order valence-corrected chi connectivity index (χ4v) is 3.55. The lowest BCUT2D eigenvalue weighted by atomic mass is 9.97. The second kappa shape index (κ2) is 10.7. The number of nitrogens with one attached hydrogen (secondary N) is 1. The number of aliphatic imine (C=N–C) groups is 1. The van der Waals surface area contributed by atoms with Gasteiger partial charge < -0.3 is 24.2 Å². The number of benzene rings is 1. The summed E-state index contributed by atoms with van der Waals surface area (Å²) in [5.74, 6) is 3.65. The van der Waals surface area contributed by atoms with Gasteiger partial charge in [0.05, 0.1) is 14.2 Å². The van der Waals surface area contributed by atoms with E-state index in [1.807, 2.05) is 12.1 Å². The van der Waals surface area contributed by atoms with Crippen molar-refractivity contribution in [1.82, 2.24) is 25.3 Å². The molecule has 1 aliphatic rings. The summed E-state index contributed by atoms with van der Waals surface area (Å²) in [6.45, 7) is 14.0. The summed E-state index contributed by atoms with van der Waals surface area (Å²) >= 11 is 0. The van der Waals surface area contributed by atoms with Crippen molar-refractivity contribution in [3.8, 4) is 11.5 Å². The maximum Gasteiger partial charge on any atom is 0.232 e. The zero-order chi connectivity index (χ0) is 23.1. The third-order valence-electron chi connectivity index (χ3n) is 5.34. The van der Waals surface area contributed by atoms with Gasteiger partial charge in [-0.2, -0.15) is 4.98 Å². The standard InChI is InChI=1S/C23H36N6O3/c1-7-24-22(25-15-20-26-21(32-27-20)23(2,3)4)29-12-10-28(11-13-29)16-17-8-9-18(30-5)19(14-17)31-6/h8-9,14H,7,10-13,15-16H2,1-6H3,(H,24,25). The molecule has 1 aromatic heterocycles. The molecule has 1 aliphatic heterocycles. The van der Waals surface area contributed by atoms with Gasteiger partial charge in [0.2, 0.25) is 5.89 Å². The molecule has 0 amide bonds. The van der Waals surface area contributed by atoms with Crippen LogP contribution in [-0.4, -0.2) is 72.8 Å². The van der Waals surface area contributed by atoms with Crippen LogP contribution in [0.3, 0.4) is 0 Å². The van der Waals surface area contributed by atoms with Crippen molar-refractivity contribution < 1.29 is 14.0 Å². The first-order valence-corrected chi connectivity index (χ1v) is 11.1. The van der Waals surface area contributed by atoms with Crippen LogP contribution in [0, 0.1) is 0 Å². The molecule has 176 valence electrons. The molecule has 1 N–H and O–H groups in total. The number of ether oxygens (including phenoxy) is 2. The smallest absolute Gasteiger partial charge is 0.232 e. The normalized spacial score (nSPS) is 15.7. The van der Waals surface area contributed by atoms with E-state index in [2.05, 4.69) is 59.0 Å².